The number of imidazole rings is 1. The van der Waals surface area contributed by atoms with Crippen LogP contribution in [-0.2, 0) is 25.9 Å². The number of nitrogens with zero attached hydrogens (tertiary/aromatic N) is 4. The number of rotatable bonds is 5. The van der Waals surface area contributed by atoms with Crippen molar-refractivity contribution in [3.63, 3.8) is 0 Å². The zero-order valence-electron chi connectivity index (χ0n) is 13.2. The first-order valence-corrected chi connectivity index (χ1v) is 7.91. The Bertz CT molecular complexity index is 690. The summed E-state index contributed by atoms with van der Waals surface area (Å²) in [6.07, 6.45) is 6.94. The van der Waals surface area contributed by atoms with E-state index < -0.39 is 0 Å². The van der Waals surface area contributed by atoms with Crippen LogP contribution in [-0.4, -0.2) is 38.0 Å². The van der Waals surface area contributed by atoms with Gasteiger partial charge < -0.3 is 9.55 Å². The Balaban J connectivity index is 1.60. The summed E-state index contributed by atoms with van der Waals surface area (Å²) in [4.78, 5) is 25.6. The summed E-state index contributed by atoms with van der Waals surface area (Å²) < 4.78 is 2.25. The van der Waals surface area contributed by atoms with E-state index in [1.54, 1.807) is 6.07 Å². The number of hydrogen-bond acceptors (Lipinski definition) is 4. The molecule has 6 nitrogen and oxygen atoms in total. The van der Waals surface area contributed by atoms with Gasteiger partial charge in [0.05, 0.1) is 6.54 Å². The average molecular weight is 301 g/mol. The predicted molar refractivity (Wildman–Crippen MR) is 84.6 cm³/mol. The average Bonchev–Trinajstić information content (AvgIpc) is 2.93. The Morgan fingerprint density at radius 3 is 3.18 bits per heavy atom. The molecule has 2 aromatic rings. The molecule has 1 aliphatic heterocycles. The van der Waals surface area contributed by atoms with Crippen LogP contribution in [0.1, 0.15) is 30.7 Å². The zero-order valence-corrected chi connectivity index (χ0v) is 13.2. The molecule has 0 spiro atoms. The van der Waals surface area contributed by atoms with Crippen LogP contribution in [0.25, 0.3) is 0 Å². The Labute approximate surface area is 130 Å². The van der Waals surface area contributed by atoms with Gasteiger partial charge in [0, 0.05) is 43.7 Å². The van der Waals surface area contributed by atoms with Gasteiger partial charge in [0.15, 0.2) is 0 Å². The molecule has 3 rings (SSSR count). The summed E-state index contributed by atoms with van der Waals surface area (Å²) in [5.74, 6) is 2.57. The first kappa shape index (κ1) is 15.0. The standard InChI is InChI=1S/C16H23N5O/c1-3-13-8-16(22)19-14(18-13)11-20(2)9-12-4-5-15-17-6-7-21(15)10-12/h6-8,12H,3-5,9-11H2,1-2H3,(H,18,19,22)/t12-/m1/s1. The highest BCUT2D eigenvalue weighted by Gasteiger charge is 2.20. The van der Waals surface area contributed by atoms with E-state index in [1.165, 1.54) is 12.2 Å². The van der Waals surface area contributed by atoms with E-state index in [4.69, 9.17) is 0 Å². The quantitative estimate of drug-likeness (QED) is 0.902. The molecule has 3 heterocycles. The van der Waals surface area contributed by atoms with E-state index in [-0.39, 0.29) is 5.56 Å². The topological polar surface area (TPSA) is 66.8 Å². The molecule has 0 aromatic carbocycles. The summed E-state index contributed by atoms with van der Waals surface area (Å²) in [7, 11) is 2.09. The molecule has 1 atom stereocenters. The molecule has 1 N–H and O–H groups in total. The number of H-pyrrole nitrogens is 1. The molecule has 2 aromatic heterocycles. The summed E-state index contributed by atoms with van der Waals surface area (Å²) >= 11 is 0. The minimum atomic E-state index is -0.0593. The van der Waals surface area contributed by atoms with Crippen molar-refractivity contribution in [3.8, 4) is 0 Å². The number of fused-ring (bicyclic) bond motifs is 1. The minimum absolute atomic E-state index is 0.0593. The van der Waals surface area contributed by atoms with Gasteiger partial charge in [0.2, 0.25) is 0 Å². The second-order valence-corrected chi connectivity index (χ2v) is 6.13. The van der Waals surface area contributed by atoms with Gasteiger partial charge in [-0.2, -0.15) is 0 Å². The van der Waals surface area contributed by atoms with Crippen LogP contribution in [0.4, 0.5) is 0 Å². The van der Waals surface area contributed by atoms with Crippen LogP contribution in [0.5, 0.6) is 0 Å². The number of aromatic nitrogens is 4. The van der Waals surface area contributed by atoms with Crippen LogP contribution in [0.2, 0.25) is 0 Å². The van der Waals surface area contributed by atoms with Crippen LogP contribution in [0.3, 0.4) is 0 Å². The van der Waals surface area contributed by atoms with Crippen LogP contribution >= 0.6 is 0 Å². The molecule has 0 bridgehead atoms. The van der Waals surface area contributed by atoms with E-state index in [0.717, 1.165) is 37.4 Å². The molecule has 6 heteroatoms. The molecule has 22 heavy (non-hydrogen) atoms. The lowest BCUT2D eigenvalue weighted by atomic mass is 9.99. The smallest absolute Gasteiger partial charge is 0.251 e. The van der Waals surface area contributed by atoms with Crippen molar-refractivity contribution in [3.05, 3.63) is 46.2 Å². The lowest BCUT2D eigenvalue weighted by Gasteiger charge is -2.27. The normalized spacial score (nSPS) is 17.7. The van der Waals surface area contributed by atoms with Gasteiger partial charge in [-0.25, -0.2) is 9.97 Å². The highest BCUT2D eigenvalue weighted by molar-refractivity contribution is 5.02. The molecule has 1 aliphatic rings. The number of nitrogens with one attached hydrogen (secondary N) is 1. The Morgan fingerprint density at radius 2 is 2.36 bits per heavy atom. The molecular formula is C16H23N5O. The molecular weight excluding hydrogens is 278 g/mol. The predicted octanol–water partition coefficient (Wildman–Crippen LogP) is 1.22. The summed E-state index contributed by atoms with van der Waals surface area (Å²) in [5.41, 5.74) is 0.795. The van der Waals surface area contributed by atoms with Crippen LogP contribution < -0.4 is 5.56 Å². The maximum Gasteiger partial charge on any atom is 0.251 e. The molecule has 0 saturated carbocycles. The van der Waals surface area contributed by atoms with Crippen molar-refractivity contribution in [1.29, 1.82) is 0 Å². The monoisotopic (exact) mass is 301 g/mol. The third-order valence-corrected chi connectivity index (χ3v) is 4.23. The van der Waals surface area contributed by atoms with E-state index in [2.05, 4.69) is 37.7 Å². The second-order valence-electron chi connectivity index (χ2n) is 6.13. The summed E-state index contributed by atoms with van der Waals surface area (Å²) in [6, 6.07) is 1.57. The fourth-order valence-corrected chi connectivity index (χ4v) is 3.17. The van der Waals surface area contributed by atoms with Crippen LogP contribution in [0, 0.1) is 5.92 Å². The SMILES string of the molecule is CCc1cc(=O)[nH]c(CN(C)C[C@H]2CCc3nccn3C2)n1. The van der Waals surface area contributed by atoms with Crippen molar-refractivity contribution >= 4 is 0 Å². The number of hydrogen-bond donors (Lipinski definition) is 1. The van der Waals surface area contributed by atoms with Gasteiger partial charge >= 0.3 is 0 Å². The van der Waals surface area contributed by atoms with Gasteiger partial charge in [-0.3, -0.25) is 9.69 Å². The highest BCUT2D eigenvalue weighted by atomic mass is 16.1. The third-order valence-electron chi connectivity index (χ3n) is 4.23. The van der Waals surface area contributed by atoms with Crippen molar-refractivity contribution in [2.45, 2.75) is 39.3 Å². The van der Waals surface area contributed by atoms with E-state index in [1.807, 2.05) is 13.1 Å². The molecule has 0 saturated heterocycles. The van der Waals surface area contributed by atoms with Crippen molar-refractivity contribution in [1.82, 2.24) is 24.4 Å². The lowest BCUT2D eigenvalue weighted by Crippen LogP contribution is -2.32. The van der Waals surface area contributed by atoms with Gasteiger partial charge in [-0.1, -0.05) is 6.92 Å². The minimum Gasteiger partial charge on any atom is -0.335 e. The first-order valence-electron chi connectivity index (χ1n) is 7.91. The maximum atomic E-state index is 11.6. The second kappa shape index (κ2) is 6.44. The Hall–Kier alpha value is -1.95. The summed E-state index contributed by atoms with van der Waals surface area (Å²) in [5, 5.41) is 0. The molecule has 0 amide bonds. The van der Waals surface area contributed by atoms with Gasteiger partial charge in [0.25, 0.3) is 5.56 Å². The fourth-order valence-electron chi connectivity index (χ4n) is 3.17. The van der Waals surface area contributed by atoms with Crippen molar-refractivity contribution in [2.24, 2.45) is 5.92 Å². The Kier molecular flexibility index (Phi) is 4.38. The van der Waals surface area contributed by atoms with Gasteiger partial charge in [-0.05, 0) is 25.8 Å². The van der Waals surface area contributed by atoms with Gasteiger partial charge in [-0.15, -0.1) is 0 Å². The Morgan fingerprint density at radius 1 is 1.50 bits per heavy atom. The maximum absolute atomic E-state index is 11.6. The molecule has 0 unspecified atom stereocenters. The van der Waals surface area contributed by atoms with Gasteiger partial charge in [0.1, 0.15) is 11.6 Å². The van der Waals surface area contributed by atoms with E-state index >= 15 is 0 Å². The van der Waals surface area contributed by atoms with Crippen molar-refractivity contribution < 1.29 is 0 Å². The fraction of sp³-hybridized carbons (Fsp3) is 0.562. The molecule has 0 fully saturated rings. The first-order chi connectivity index (χ1) is 10.6. The van der Waals surface area contributed by atoms with E-state index in [0.29, 0.717) is 12.5 Å². The molecule has 118 valence electrons. The third kappa shape index (κ3) is 3.44. The highest BCUT2D eigenvalue weighted by Crippen LogP contribution is 2.19. The largest absolute Gasteiger partial charge is 0.335 e. The van der Waals surface area contributed by atoms with Crippen molar-refractivity contribution in [2.75, 3.05) is 13.6 Å². The molecule has 0 radical (unpaired) electrons. The summed E-state index contributed by atoms with van der Waals surface area (Å²) in [6.45, 7) is 4.71. The number of aromatic amines is 1. The lowest BCUT2D eigenvalue weighted by molar-refractivity contribution is 0.225. The number of aryl methyl sites for hydroxylation is 2. The van der Waals surface area contributed by atoms with E-state index in [9.17, 15) is 4.79 Å². The molecule has 0 aliphatic carbocycles. The van der Waals surface area contributed by atoms with Crippen LogP contribution in [0.15, 0.2) is 23.3 Å². The zero-order chi connectivity index (χ0) is 15.5.